The van der Waals surface area contributed by atoms with Crippen molar-refractivity contribution in [3.63, 3.8) is 0 Å². The van der Waals surface area contributed by atoms with Gasteiger partial charge in [0.25, 0.3) is 0 Å². The summed E-state index contributed by atoms with van der Waals surface area (Å²) in [6, 6.07) is 0. The van der Waals surface area contributed by atoms with Crippen LogP contribution in [-0.4, -0.2) is 18.9 Å². The molecule has 0 spiro atoms. The van der Waals surface area contributed by atoms with Crippen LogP contribution in [0.3, 0.4) is 0 Å². The van der Waals surface area contributed by atoms with Crippen molar-refractivity contribution < 1.29 is 14.3 Å². The molecule has 220 valence electrons. The first-order chi connectivity index (χ1) is 18.2. The van der Waals surface area contributed by atoms with Crippen molar-refractivity contribution >= 4 is 6.16 Å². The van der Waals surface area contributed by atoms with E-state index >= 15 is 0 Å². The maximum absolute atomic E-state index is 12.4. The number of carbonyl (C=O) groups excluding carboxylic acids is 1. The summed E-state index contributed by atoms with van der Waals surface area (Å²) >= 11 is 0. The molecular weight excluding hydrogens is 468 g/mol. The molecule has 4 rings (SSSR count). The normalized spacial score (nSPS) is 39.2. The highest BCUT2D eigenvalue weighted by atomic mass is 16.7. The van der Waals surface area contributed by atoms with Gasteiger partial charge in [0.15, 0.2) is 0 Å². The highest BCUT2D eigenvalue weighted by molar-refractivity contribution is 5.60. The molecule has 3 nitrogen and oxygen atoms in total. The van der Waals surface area contributed by atoms with Crippen molar-refractivity contribution in [1.82, 2.24) is 0 Å². The zero-order valence-electron chi connectivity index (χ0n) is 26.1. The Morgan fingerprint density at radius 1 is 0.816 bits per heavy atom. The van der Waals surface area contributed by atoms with Gasteiger partial charge in [0, 0.05) is 0 Å². The zero-order valence-corrected chi connectivity index (χ0v) is 26.1. The van der Waals surface area contributed by atoms with Gasteiger partial charge in [0.2, 0.25) is 0 Å². The molecule has 0 aromatic carbocycles. The van der Waals surface area contributed by atoms with Crippen molar-refractivity contribution in [2.24, 2.45) is 52.3 Å². The number of hydrogen-bond donors (Lipinski definition) is 0. The van der Waals surface area contributed by atoms with Crippen LogP contribution in [0, 0.1) is 52.3 Å². The quantitative estimate of drug-likeness (QED) is 0.186. The van der Waals surface area contributed by atoms with Gasteiger partial charge in [-0.15, -0.1) is 0 Å². The fourth-order valence-electron chi connectivity index (χ4n) is 10.4. The van der Waals surface area contributed by atoms with E-state index in [2.05, 4.69) is 41.5 Å². The van der Waals surface area contributed by atoms with Gasteiger partial charge in [-0.05, 0) is 116 Å². The smallest absolute Gasteiger partial charge is 0.434 e. The molecule has 0 bridgehead atoms. The maximum atomic E-state index is 12.4. The third kappa shape index (κ3) is 6.59. The predicted octanol–water partition coefficient (Wildman–Crippen LogP) is 10.6. The maximum Gasteiger partial charge on any atom is 0.508 e. The summed E-state index contributed by atoms with van der Waals surface area (Å²) in [6.45, 7) is 15.4. The first kappa shape index (κ1) is 30.2. The number of ether oxygens (including phenoxy) is 2. The number of carbonyl (C=O) groups is 1. The third-order valence-electron chi connectivity index (χ3n) is 12.5. The highest BCUT2D eigenvalue weighted by Crippen LogP contribution is 2.68. The van der Waals surface area contributed by atoms with E-state index in [1.807, 2.05) is 0 Å². The molecule has 0 N–H and O–H groups in total. The Hall–Kier alpha value is -0.730. The van der Waals surface area contributed by atoms with Gasteiger partial charge >= 0.3 is 6.16 Å². The number of rotatable bonds is 12. The van der Waals surface area contributed by atoms with Crippen molar-refractivity contribution in [3.8, 4) is 0 Å². The van der Waals surface area contributed by atoms with Crippen LogP contribution in [0.25, 0.3) is 0 Å². The lowest BCUT2D eigenvalue weighted by Gasteiger charge is -2.61. The summed E-state index contributed by atoms with van der Waals surface area (Å²) in [4.78, 5) is 12.4. The monoisotopic (exact) mass is 530 g/mol. The minimum atomic E-state index is -0.421. The molecule has 0 heterocycles. The zero-order chi connectivity index (χ0) is 27.3. The Morgan fingerprint density at radius 2 is 1.55 bits per heavy atom. The molecule has 0 aliphatic heterocycles. The average Bonchev–Trinajstić information content (AvgIpc) is 3.23. The van der Waals surface area contributed by atoms with Gasteiger partial charge in [-0.1, -0.05) is 86.5 Å². The van der Waals surface area contributed by atoms with Crippen LogP contribution >= 0.6 is 0 Å². The lowest BCUT2D eigenvalue weighted by molar-refractivity contribution is -0.132. The summed E-state index contributed by atoms with van der Waals surface area (Å²) in [6.07, 6.45) is 21.6. The summed E-state index contributed by atoms with van der Waals surface area (Å²) in [5.74, 6) is 6.12. The van der Waals surface area contributed by atoms with Crippen LogP contribution in [0.15, 0.2) is 0 Å². The number of unbranched alkanes of at least 4 members (excludes halogenated alkanes) is 4. The second-order valence-corrected chi connectivity index (χ2v) is 15.2. The molecule has 0 saturated heterocycles. The standard InChI is InChI=1S/C35H62O3/c1-7-8-9-10-11-23-37-33(36)38-28-19-21-34(5)27(24-28)15-16-29-31-18-17-30(26(4)14-12-13-25(2)3)35(31,6)22-20-32(29)34/h25-32H,7-24H2,1-6H3. The molecule has 9 atom stereocenters. The van der Waals surface area contributed by atoms with Gasteiger partial charge in [0.05, 0.1) is 6.61 Å². The first-order valence-corrected chi connectivity index (χ1v) is 17.0. The topological polar surface area (TPSA) is 35.5 Å². The molecule has 38 heavy (non-hydrogen) atoms. The minimum Gasteiger partial charge on any atom is -0.434 e. The largest absolute Gasteiger partial charge is 0.508 e. The number of fused-ring (bicyclic) bond motifs is 5. The highest BCUT2D eigenvalue weighted by Gasteiger charge is 2.60. The van der Waals surface area contributed by atoms with E-state index in [1.54, 1.807) is 0 Å². The summed E-state index contributed by atoms with van der Waals surface area (Å²) in [5.41, 5.74) is 1.01. The average molecular weight is 531 g/mol. The van der Waals surface area contributed by atoms with Gasteiger partial charge < -0.3 is 9.47 Å². The molecule has 4 fully saturated rings. The molecule has 9 unspecified atom stereocenters. The van der Waals surface area contributed by atoms with Gasteiger partial charge in [-0.2, -0.15) is 0 Å². The Balaban J connectivity index is 1.28. The van der Waals surface area contributed by atoms with E-state index in [4.69, 9.17) is 9.47 Å². The Kier molecular flexibility index (Phi) is 10.6. The Bertz CT molecular complexity index is 747. The summed E-state index contributed by atoms with van der Waals surface area (Å²) in [7, 11) is 0. The molecule has 0 aromatic rings. The second-order valence-electron chi connectivity index (χ2n) is 15.2. The second kappa shape index (κ2) is 13.3. The van der Waals surface area contributed by atoms with Gasteiger partial charge in [-0.25, -0.2) is 4.79 Å². The van der Waals surface area contributed by atoms with Crippen molar-refractivity contribution in [2.75, 3.05) is 6.61 Å². The molecule has 0 radical (unpaired) electrons. The lowest BCUT2D eigenvalue weighted by atomic mass is 9.44. The molecule has 4 aliphatic carbocycles. The Labute approximate surface area is 236 Å². The van der Waals surface area contributed by atoms with Crippen molar-refractivity contribution in [3.05, 3.63) is 0 Å². The van der Waals surface area contributed by atoms with E-state index in [9.17, 15) is 4.79 Å². The molecule has 4 aliphatic rings. The summed E-state index contributed by atoms with van der Waals surface area (Å²) < 4.78 is 11.3. The third-order valence-corrected chi connectivity index (χ3v) is 12.5. The van der Waals surface area contributed by atoms with Crippen LogP contribution in [-0.2, 0) is 9.47 Å². The molecule has 4 saturated carbocycles. The van der Waals surface area contributed by atoms with E-state index in [0.29, 0.717) is 23.4 Å². The first-order valence-electron chi connectivity index (χ1n) is 17.0. The van der Waals surface area contributed by atoms with Crippen molar-refractivity contribution in [1.29, 1.82) is 0 Å². The fourth-order valence-corrected chi connectivity index (χ4v) is 10.4. The fraction of sp³-hybridized carbons (Fsp3) is 0.971. The lowest BCUT2D eigenvalue weighted by Crippen LogP contribution is -2.54. The Morgan fingerprint density at radius 3 is 2.32 bits per heavy atom. The number of hydrogen-bond acceptors (Lipinski definition) is 3. The van der Waals surface area contributed by atoms with E-state index < -0.39 is 6.16 Å². The van der Waals surface area contributed by atoms with Gasteiger partial charge in [-0.3, -0.25) is 0 Å². The van der Waals surface area contributed by atoms with Crippen LogP contribution in [0.2, 0.25) is 0 Å². The van der Waals surface area contributed by atoms with Crippen LogP contribution < -0.4 is 0 Å². The van der Waals surface area contributed by atoms with E-state index in [0.717, 1.165) is 61.2 Å². The molecule has 0 amide bonds. The minimum absolute atomic E-state index is 0.0635. The van der Waals surface area contributed by atoms with Crippen molar-refractivity contribution in [2.45, 2.75) is 157 Å². The van der Waals surface area contributed by atoms with Crippen LogP contribution in [0.4, 0.5) is 4.79 Å². The molecular formula is C35H62O3. The molecule has 3 heteroatoms. The van der Waals surface area contributed by atoms with Crippen LogP contribution in [0.5, 0.6) is 0 Å². The summed E-state index contributed by atoms with van der Waals surface area (Å²) in [5, 5.41) is 0. The van der Waals surface area contributed by atoms with E-state index in [-0.39, 0.29) is 6.10 Å². The predicted molar refractivity (Wildman–Crippen MR) is 158 cm³/mol. The SMILES string of the molecule is CCCCCCCOC(=O)OC1CCC2(C)C(CCC3C2CCC2(C)C(C(C)CCCC(C)C)CCC32)C1. The van der Waals surface area contributed by atoms with E-state index in [1.165, 1.54) is 83.5 Å². The molecule has 0 aromatic heterocycles. The van der Waals surface area contributed by atoms with Crippen LogP contribution in [0.1, 0.15) is 151 Å². The van der Waals surface area contributed by atoms with Gasteiger partial charge in [0.1, 0.15) is 6.10 Å².